The molecule has 50 heavy (non-hydrogen) atoms. The van der Waals surface area contributed by atoms with Crippen LogP contribution in [-0.2, 0) is 10.8 Å². The molecule has 0 fully saturated rings. The molecular weight excluding hydrogens is 698 g/mol. The Kier molecular flexibility index (Phi) is 8.63. The zero-order valence-electron chi connectivity index (χ0n) is 29.2. The summed E-state index contributed by atoms with van der Waals surface area (Å²) in [5.41, 5.74) is 10.8. The number of aromatic nitrogens is 1. The molecule has 0 atom stereocenters. The zero-order valence-corrected chi connectivity index (χ0v) is 31.6. The third-order valence-corrected chi connectivity index (χ3v) is 10.1. The molecule has 0 spiro atoms. The maximum atomic E-state index is 11.0. The van der Waals surface area contributed by atoms with Crippen LogP contribution in [0.25, 0.3) is 38.6 Å². The monoisotopic (exact) mass is 735 g/mol. The molecule has 5 heteroatoms. The molecule has 1 heterocycles. The summed E-state index contributed by atoms with van der Waals surface area (Å²) < 4.78 is 3.06. The largest absolute Gasteiger partial charge is 0.309 e. The molecular formula is C45H39BrClN3. The van der Waals surface area contributed by atoms with Crippen LogP contribution in [0, 0.1) is 11.3 Å². The summed E-state index contributed by atoms with van der Waals surface area (Å²) in [5, 5.41) is 13.9. The van der Waals surface area contributed by atoms with Crippen LogP contribution >= 0.6 is 27.5 Å². The molecule has 248 valence electrons. The summed E-state index contributed by atoms with van der Waals surface area (Å²) >= 11 is 10.4. The van der Waals surface area contributed by atoms with Crippen molar-refractivity contribution in [3.8, 4) is 22.9 Å². The Hall–Kier alpha value is -4.82. The van der Waals surface area contributed by atoms with Crippen molar-refractivity contribution in [2.45, 2.75) is 52.4 Å². The summed E-state index contributed by atoms with van der Waals surface area (Å²) in [6.07, 6.45) is 0. The second-order valence-corrected chi connectivity index (χ2v) is 16.3. The number of halogens is 2. The van der Waals surface area contributed by atoms with Gasteiger partial charge in [0, 0.05) is 31.6 Å². The van der Waals surface area contributed by atoms with E-state index in [2.05, 4.69) is 164 Å². The van der Waals surface area contributed by atoms with E-state index in [4.69, 9.17) is 11.6 Å². The van der Waals surface area contributed by atoms with Crippen LogP contribution in [0.1, 0.15) is 58.2 Å². The van der Waals surface area contributed by atoms with Crippen LogP contribution in [0.4, 0.5) is 17.1 Å². The number of nitriles is 1. The van der Waals surface area contributed by atoms with E-state index in [-0.39, 0.29) is 10.8 Å². The van der Waals surface area contributed by atoms with Gasteiger partial charge in [-0.1, -0.05) is 142 Å². The average molecular weight is 737 g/mol. The van der Waals surface area contributed by atoms with Gasteiger partial charge in [-0.2, -0.15) is 5.26 Å². The van der Waals surface area contributed by atoms with Crippen molar-refractivity contribution in [1.82, 2.24) is 4.57 Å². The van der Waals surface area contributed by atoms with Crippen LogP contribution in [0.5, 0.6) is 0 Å². The van der Waals surface area contributed by atoms with Gasteiger partial charge < -0.3 is 9.47 Å². The standard InChI is InChI=1S/C45H39BrClN3/c1-44(2,3)31-21-30(22-32(24-31)45(4,5)6)29-13-11-14-35(23-29)49(36-26-33(46)25-34(47)27-36)42-19-12-20-43(39(42)28-48)50-40-17-9-7-15-37(40)38-16-8-10-18-41(38)50/h7-27H,1-6H3. The minimum atomic E-state index is -0.0122. The van der Waals surface area contributed by atoms with Crippen LogP contribution in [0.3, 0.4) is 0 Å². The molecule has 0 bridgehead atoms. The summed E-state index contributed by atoms with van der Waals surface area (Å²) in [4.78, 5) is 2.15. The molecule has 7 rings (SSSR count). The zero-order chi connectivity index (χ0) is 35.4. The van der Waals surface area contributed by atoms with Gasteiger partial charge in [0.25, 0.3) is 0 Å². The first-order valence-electron chi connectivity index (χ1n) is 16.9. The second kappa shape index (κ2) is 12.8. The number of para-hydroxylation sites is 2. The van der Waals surface area contributed by atoms with Gasteiger partial charge in [0.2, 0.25) is 0 Å². The summed E-state index contributed by atoms with van der Waals surface area (Å²) in [6, 6.07) is 46.9. The van der Waals surface area contributed by atoms with Crippen molar-refractivity contribution in [3.05, 3.63) is 154 Å². The van der Waals surface area contributed by atoms with Crippen molar-refractivity contribution < 1.29 is 0 Å². The van der Waals surface area contributed by atoms with Crippen LogP contribution in [0.2, 0.25) is 5.02 Å². The third kappa shape index (κ3) is 6.22. The van der Waals surface area contributed by atoms with Crippen molar-refractivity contribution >= 4 is 66.4 Å². The van der Waals surface area contributed by atoms with E-state index >= 15 is 0 Å². The quantitative estimate of drug-likeness (QED) is 0.176. The molecule has 0 unspecified atom stereocenters. The summed E-state index contributed by atoms with van der Waals surface area (Å²) in [5.74, 6) is 0. The van der Waals surface area contributed by atoms with Gasteiger partial charge in [-0.3, -0.25) is 0 Å². The van der Waals surface area contributed by atoms with Gasteiger partial charge in [0.05, 0.1) is 22.4 Å². The SMILES string of the molecule is CC(C)(C)c1cc(-c2cccc(N(c3cc(Cl)cc(Br)c3)c3cccc(-n4c5ccccc5c5ccccc54)c3C#N)c2)cc(C(C)(C)C)c1. The van der Waals surface area contributed by atoms with Gasteiger partial charge in [0.15, 0.2) is 0 Å². The number of hydrogen-bond donors (Lipinski definition) is 0. The maximum Gasteiger partial charge on any atom is 0.104 e. The second-order valence-electron chi connectivity index (χ2n) is 15.0. The van der Waals surface area contributed by atoms with E-state index < -0.39 is 0 Å². The lowest BCUT2D eigenvalue weighted by atomic mass is 9.79. The molecule has 1 aromatic heterocycles. The first-order chi connectivity index (χ1) is 23.8. The van der Waals surface area contributed by atoms with Crippen molar-refractivity contribution in [3.63, 3.8) is 0 Å². The molecule has 0 aliphatic rings. The fraction of sp³-hybridized carbons (Fsp3) is 0.178. The molecule has 0 N–H and O–H groups in total. The predicted molar refractivity (Wildman–Crippen MR) is 216 cm³/mol. The molecule has 0 saturated heterocycles. The Morgan fingerprint density at radius 3 is 1.80 bits per heavy atom. The third-order valence-electron chi connectivity index (χ3n) is 9.40. The van der Waals surface area contributed by atoms with E-state index in [1.54, 1.807) is 0 Å². The first kappa shape index (κ1) is 33.7. The Labute approximate surface area is 308 Å². The average Bonchev–Trinajstić information content (AvgIpc) is 3.41. The number of anilines is 3. The number of fused-ring (bicyclic) bond motifs is 3. The Balaban J connectivity index is 1.48. The molecule has 0 aliphatic heterocycles. The Morgan fingerprint density at radius 2 is 1.22 bits per heavy atom. The molecule has 3 nitrogen and oxygen atoms in total. The first-order valence-corrected chi connectivity index (χ1v) is 18.0. The van der Waals surface area contributed by atoms with Gasteiger partial charge in [0.1, 0.15) is 11.6 Å². The van der Waals surface area contributed by atoms with Crippen LogP contribution in [-0.4, -0.2) is 4.57 Å². The fourth-order valence-electron chi connectivity index (χ4n) is 6.78. The molecule has 0 amide bonds. The van der Waals surface area contributed by atoms with E-state index in [1.165, 1.54) is 11.1 Å². The predicted octanol–water partition coefficient (Wildman–Crippen LogP) is 13.8. The lowest BCUT2D eigenvalue weighted by Gasteiger charge is -2.29. The van der Waals surface area contributed by atoms with Crippen LogP contribution in [0.15, 0.2) is 132 Å². The molecule has 7 aromatic rings. The van der Waals surface area contributed by atoms with Crippen LogP contribution < -0.4 is 4.90 Å². The number of nitrogens with zero attached hydrogens (tertiary/aromatic N) is 3. The lowest BCUT2D eigenvalue weighted by Crippen LogP contribution is -2.16. The van der Waals surface area contributed by atoms with Gasteiger partial charge in [-0.25, -0.2) is 0 Å². The van der Waals surface area contributed by atoms with Crippen molar-refractivity contribution in [2.24, 2.45) is 0 Å². The van der Waals surface area contributed by atoms with E-state index in [0.717, 1.165) is 60.2 Å². The highest BCUT2D eigenvalue weighted by molar-refractivity contribution is 9.10. The molecule has 6 aromatic carbocycles. The number of hydrogen-bond acceptors (Lipinski definition) is 2. The fourth-order valence-corrected chi connectivity index (χ4v) is 7.62. The minimum absolute atomic E-state index is 0.0122. The van der Waals surface area contributed by atoms with Crippen molar-refractivity contribution in [2.75, 3.05) is 4.90 Å². The number of benzene rings is 6. The lowest BCUT2D eigenvalue weighted by molar-refractivity contribution is 0.569. The Bertz CT molecular complexity index is 2350. The highest BCUT2D eigenvalue weighted by atomic mass is 79.9. The normalized spacial score (nSPS) is 12.0. The maximum absolute atomic E-state index is 11.0. The topological polar surface area (TPSA) is 32.0 Å². The summed E-state index contributed by atoms with van der Waals surface area (Å²) in [7, 11) is 0. The van der Waals surface area contributed by atoms with E-state index in [9.17, 15) is 5.26 Å². The van der Waals surface area contributed by atoms with Gasteiger partial charge in [-0.05, 0) is 87.7 Å². The Morgan fingerprint density at radius 1 is 0.620 bits per heavy atom. The smallest absolute Gasteiger partial charge is 0.104 e. The van der Waals surface area contributed by atoms with E-state index in [1.807, 2.05) is 36.4 Å². The van der Waals surface area contributed by atoms with Crippen molar-refractivity contribution in [1.29, 1.82) is 5.26 Å². The molecule has 0 aliphatic carbocycles. The minimum Gasteiger partial charge on any atom is -0.309 e. The van der Waals surface area contributed by atoms with E-state index in [0.29, 0.717) is 10.6 Å². The van der Waals surface area contributed by atoms with Gasteiger partial charge >= 0.3 is 0 Å². The van der Waals surface area contributed by atoms with Gasteiger partial charge in [-0.15, -0.1) is 0 Å². The highest BCUT2D eigenvalue weighted by Crippen LogP contribution is 2.43. The molecule has 0 saturated carbocycles. The highest BCUT2D eigenvalue weighted by Gasteiger charge is 2.24. The summed E-state index contributed by atoms with van der Waals surface area (Å²) in [6.45, 7) is 13.6. The molecule has 0 radical (unpaired) electrons. The number of rotatable bonds is 5.